The van der Waals surface area contributed by atoms with Gasteiger partial charge in [0, 0.05) is 18.1 Å². The van der Waals surface area contributed by atoms with Crippen LogP contribution in [-0.4, -0.2) is 28.1 Å². The standard InChI is InChI=1S/C15H16N2O2S/c1-11-9-16-15(17-10-11)20-8-7-19-14-6-4-3-5-13(14)12(2)18/h3-6,9-10H,7-8H2,1-2H3. The van der Waals surface area contributed by atoms with Gasteiger partial charge in [-0.2, -0.15) is 0 Å². The van der Waals surface area contributed by atoms with E-state index in [1.807, 2.05) is 25.1 Å². The summed E-state index contributed by atoms with van der Waals surface area (Å²) in [6.45, 7) is 4.00. The van der Waals surface area contributed by atoms with Gasteiger partial charge in [-0.05, 0) is 31.5 Å². The van der Waals surface area contributed by atoms with E-state index in [4.69, 9.17) is 4.74 Å². The highest BCUT2D eigenvalue weighted by Gasteiger charge is 2.07. The lowest BCUT2D eigenvalue weighted by atomic mass is 10.1. The third-order valence-corrected chi connectivity index (χ3v) is 3.44. The Morgan fingerprint density at radius 3 is 2.65 bits per heavy atom. The fourth-order valence-electron chi connectivity index (χ4n) is 1.62. The molecule has 0 saturated carbocycles. The molecule has 4 nitrogen and oxygen atoms in total. The number of ether oxygens (including phenoxy) is 1. The lowest BCUT2D eigenvalue weighted by Crippen LogP contribution is -2.05. The first-order chi connectivity index (χ1) is 9.66. The molecule has 0 bridgehead atoms. The minimum Gasteiger partial charge on any atom is -0.492 e. The Morgan fingerprint density at radius 2 is 1.95 bits per heavy atom. The van der Waals surface area contributed by atoms with Crippen LogP contribution >= 0.6 is 11.8 Å². The second-order valence-electron chi connectivity index (χ2n) is 4.29. The SMILES string of the molecule is CC(=O)c1ccccc1OCCSc1ncc(C)cn1. The van der Waals surface area contributed by atoms with Gasteiger partial charge in [-0.15, -0.1) is 0 Å². The van der Waals surface area contributed by atoms with E-state index in [1.54, 1.807) is 18.5 Å². The van der Waals surface area contributed by atoms with E-state index in [2.05, 4.69) is 9.97 Å². The molecule has 2 rings (SSSR count). The summed E-state index contributed by atoms with van der Waals surface area (Å²) in [5.74, 6) is 1.37. The highest BCUT2D eigenvalue weighted by atomic mass is 32.2. The molecule has 0 N–H and O–H groups in total. The van der Waals surface area contributed by atoms with E-state index in [9.17, 15) is 4.79 Å². The second-order valence-corrected chi connectivity index (χ2v) is 5.35. The monoisotopic (exact) mass is 288 g/mol. The number of ketones is 1. The van der Waals surface area contributed by atoms with Crippen molar-refractivity contribution < 1.29 is 9.53 Å². The number of para-hydroxylation sites is 1. The average Bonchev–Trinajstić information content (AvgIpc) is 2.46. The van der Waals surface area contributed by atoms with E-state index >= 15 is 0 Å². The molecule has 0 atom stereocenters. The van der Waals surface area contributed by atoms with Crippen molar-refractivity contribution in [1.29, 1.82) is 0 Å². The summed E-state index contributed by atoms with van der Waals surface area (Å²) in [5.41, 5.74) is 1.66. The topological polar surface area (TPSA) is 52.1 Å². The lowest BCUT2D eigenvalue weighted by Gasteiger charge is -2.08. The molecule has 0 aliphatic rings. The number of aryl methyl sites for hydroxylation is 1. The highest BCUT2D eigenvalue weighted by molar-refractivity contribution is 7.99. The zero-order chi connectivity index (χ0) is 14.4. The van der Waals surface area contributed by atoms with E-state index in [-0.39, 0.29) is 5.78 Å². The molecule has 1 aromatic carbocycles. The zero-order valence-corrected chi connectivity index (χ0v) is 12.3. The van der Waals surface area contributed by atoms with Gasteiger partial charge >= 0.3 is 0 Å². The second kappa shape index (κ2) is 7.05. The smallest absolute Gasteiger partial charge is 0.187 e. The Labute approximate surface area is 122 Å². The Hall–Kier alpha value is -1.88. The number of carbonyl (C=O) groups is 1. The molecule has 2 aromatic rings. The fraction of sp³-hybridized carbons (Fsp3) is 0.267. The maximum Gasteiger partial charge on any atom is 0.187 e. The van der Waals surface area contributed by atoms with Gasteiger partial charge < -0.3 is 4.74 Å². The van der Waals surface area contributed by atoms with Crippen LogP contribution in [0.2, 0.25) is 0 Å². The van der Waals surface area contributed by atoms with Gasteiger partial charge in [0.15, 0.2) is 10.9 Å². The number of hydrogen-bond acceptors (Lipinski definition) is 5. The summed E-state index contributed by atoms with van der Waals surface area (Å²) in [6, 6.07) is 7.27. The molecule has 20 heavy (non-hydrogen) atoms. The molecule has 1 aromatic heterocycles. The Bertz CT molecular complexity index is 585. The number of rotatable bonds is 6. The molecule has 0 aliphatic carbocycles. The van der Waals surface area contributed by atoms with Gasteiger partial charge in [0.1, 0.15) is 5.75 Å². The third-order valence-electron chi connectivity index (χ3n) is 2.60. The van der Waals surface area contributed by atoms with Crippen LogP contribution in [0.15, 0.2) is 41.8 Å². The number of aromatic nitrogens is 2. The van der Waals surface area contributed by atoms with Gasteiger partial charge in [-0.3, -0.25) is 4.79 Å². The first-order valence-corrected chi connectivity index (χ1v) is 7.29. The predicted molar refractivity (Wildman–Crippen MR) is 79.4 cm³/mol. The van der Waals surface area contributed by atoms with Crippen molar-refractivity contribution in [3.63, 3.8) is 0 Å². The van der Waals surface area contributed by atoms with Gasteiger partial charge in [0.05, 0.1) is 12.2 Å². The van der Waals surface area contributed by atoms with E-state index in [0.29, 0.717) is 17.9 Å². The summed E-state index contributed by atoms with van der Waals surface area (Å²) >= 11 is 1.53. The van der Waals surface area contributed by atoms with Crippen LogP contribution in [0, 0.1) is 6.92 Å². The summed E-state index contributed by atoms with van der Waals surface area (Å²) in [5, 5.41) is 0.735. The predicted octanol–water partition coefficient (Wildman–Crippen LogP) is 3.16. The Kier molecular flexibility index (Phi) is 5.12. The minimum absolute atomic E-state index is 0.00937. The zero-order valence-electron chi connectivity index (χ0n) is 11.5. The van der Waals surface area contributed by atoms with Crippen LogP contribution in [0.25, 0.3) is 0 Å². The molecule has 104 valence electrons. The van der Waals surface area contributed by atoms with Crippen molar-refractivity contribution in [2.45, 2.75) is 19.0 Å². The maximum atomic E-state index is 11.4. The molecular formula is C15H16N2O2S. The van der Waals surface area contributed by atoms with E-state index in [1.165, 1.54) is 18.7 Å². The van der Waals surface area contributed by atoms with Gasteiger partial charge in [-0.1, -0.05) is 23.9 Å². The Morgan fingerprint density at radius 1 is 1.25 bits per heavy atom. The van der Waals surface area contributed by atoms with Crippen LogP contribution in [0.5, 0.6) is 5.75 Å². The number of thioether (sulfide) groups is 1. The van der Waals surface area contributed by atoms with Crippen molar-refractivity contribution >= 4 is 17.5 Å². The number of nitrogens with zero attached hydrogens (tertiary/aromatic N) is 2. The quantitative estimate of drug-likeness (QED) is 0.354. The van der Waals surface area contributed by atoms with Gasteiger partial charge in [0.25, 0.3) is 0 Å². The van der Waals surface area contributed by atoms with Crippen LogP contribution < -0.4 is 4.74 Å². The van der Waals surface area contributed by atoms with Crippen molar-refractivity contribution in [2.75, 3.05) is 12.4 Å². The molecule has 0 saturated heterocycles. The van der Waals surface area contributed by atoms with Crippen molar-refractivity contribution in [3.05, 3.63) is 47.8 Å². The highest BCUT2D eigenvalue weighted by Crippen LogP contribution is 2.19. The first kappa shape index (κ1) is 14.5. The number of hydrogen-bond donors (Lipinski definition) is 0. The van der Waals surface area contributed by atoms with Crippen LogP contribution in [0.1, 0.15) is 22.8 Å². The minimum atomic E-state index is 0.00937. The van der Waals surface area contributed by atoms with Crippen LogP contribution in [0.3, 0.4) is 0 Å². The Balaban J connectivity index is 1.84. The van der Waals surface area contributed by atoms with Crippen molar-refractivity contribution in [2.24, 2.45) is 0 Å². The molecule has 0 aliphatic heterocycles. The lowest BCUT2D eigenvalue weighted by molar-refractivity contribution is 0.101. The average molecular weight is 288 g/mol. The van der Waals surface area contributed by atoms with Gasteiger partial charge in [-0.25, -0.2) is 9.97 Å². The summed E-state index contributed by atoms with van der Waals surface area (Å²) < 4.78 is 5.65. The molecule has 5 heteroatoms. The van der Waals surface area contributed by atoms with Crippen LogP contribution in [0.4, 0.5) is 0 Å². The van der Waals surface area contributed by atoms with Crippen LogP contribution in [-0.2, 0) is 0 Å². The molecule has 0 unspecified atom stereocenters. The van der Waals surface area contributed by atoms with Gasteiger partial charge in [0.2, 0.25) is 0 Å². The van der Waals surface area contributed by atoms with Crippen molar-refractivity contribution in [3.8, 4) is 5.75 Å². The largest absolute Gasteiger partial charge is 0.492 e. The summed E-state index contributed by atoms with van der Waals surface area (Å²) in [7, 11) is 0. The molecule has 0 spiro atoms. The maximum absolute atomic E-state index is 11.4. The van der Waals surface area contributed by atoms with E-state index in [0.717, 1.165) is 16.5 Å². The molecular weight excluding hydrogens is 272 g/mol. The first-order valence-electron chi connectivity index (χ1n) is 6.31. The molecule has 0 fully saturated rings. The number of carbonyl (C=O) groups excluding carboxylic acids is 1. The number of benzene rings is 1. The third kappa shape index (κ3) is 4.06. The number of Topliss-reactive ketones (excluding diaryl/α,β-unsaturated/α-hetero) is 1. The van der Waals surface area contributed by atoms with E-state index < -0.39 is 0 Å². The molecule has 1 heterocycles. The molecule has 0 amide bonds. The molecule has 0 radical (unpaired) electrons. The fourth-order valence-corrected chi connectivity index (χ4v) is 2.23. The summed E-state index contributed by atoms with van der Waals surface area (Å²) in [6.07, 6.45) is 3.59. The normalized spacial score (nSPS) is 10.3. The summed E-state index contributed by atoms with van der Waals surface area (Å²) in [4.78, 5) is 19.9. The van der Waals surface area contributed by atoms with Crippen molar-refractivity contribution in [1.82, 2.24) is 9.97 Å².